The Labute approximate surface area is 108 Å². The molecule has 4 nitrogen and oxygen atoms in total. The van der Waals surface area contributed by atoms with Crippen molar-refractivity contribution in [1.29, 1.82) is 0 Å². The lowest BCUT2D eigenvalue weighted by molar-refractivity contribution is -0.121. The molecule has 100 valence electrons. The van der Waals surface area contributed by atoms with E-state index in [9.17, 15) is 9.90 Å². The van der Waals surface area contributed by atoms with Crippen molar-refractivity contribution < 1.29 is 14.6 Å². The zero-order chi connectivity index (χ0) is 13.5. The van der Waals surface area contributed by atoms with Gasteiger partial charge in [0.1, 0.15) is 0 Å². The molecule has 1 aromatic carbocycles. The van der Waals surface area contributed by atoms with E-state index in [1.54, 1.807) is 0 Å². The molecule has 0 aliphatic rings. The van der Waals surface area contributed by atoms with Gasteiger partial charge in [0.15, 0.2) is 0 Å². The average Bonchev–Trinajstić information content (AvgIpc) is 2.32. The molecule has 1 amide bonds. The van der Waals surface area contributed by atoms with Crippen LogP contribution in [0.15, 0.2) is 18.2 Å². The molecule has 1 unspecified atom stereocenters. The first-order chi connectivity index (χ1) is 8.52. The number of nitrogens with one attached hydrogen (secondary N) is 1. The fourth-order valence-electron chi connectivity index (χ4n) is 1.71. The molecule has 2 N–H and O–H groups in total. The van der Waals surface area contributed by atoms with Crippen molar-refractivity contribution in [1.82, 2.24) is 5.32 Å². The number of carbonyl (C=O) groups excluding carboxylic acids is 1. The van der Waals surface area contributed by atoms with Crippen LogP contribution in [0, 0.1) is 13.8 Å². The fourth-order valence-corrected chi connectivity index (χ4v) is 1.71. The molecular weight excluding hydrogens is 230 g/mol. The molecule has 0 saturated carbocycles. The molecule has 0 bridgehead atoms. The number of benzene rings is 1. The third-order valence-corrected chi connectivity index (χ3v) is 2.75. The summed E-state index contributed by atoms with van der Waals surface area (Å²) in [6.45, 7) is 4.44. The van der Waals surface area contributed by atoms with Crippen LogP contribution in [-0.4, -0.2) is 37.4 Å². The normalized spacial score (nSPS) is 12.2. The minimum absolute atomic E-state index is 0.0844. The van der Waals surface area contributed by atoms with E-state index in [1.165, 1.54) is 7.11 Å². The summed E-state index contributed by atoms with van der Waals surface area (Å²) in [5, 5.41) is 12.1. The number of rotatable bonds is 6. The number of aliphatic hydroxyl groups excluding tert-OH is 1. The maximum Gasteiger partial charge on any atom is 0.224 e. The van der Waals surface area contributed by atoms with Crippen molar-refractivity contribution >= 4 is 5.91 Å². The van der Waals surface area contributed by atoms with Gasteiger partial charge in [0.2, 0.25) is 5.91 Å². The molecule has 0 aromatic heterocycles. The average molecular weight is 251 g/mol. The van der Waals surface area contributed by atoms with Crippen LogP contribution in [0.3, 0.4) is 0 Å². The smallest absolute Gasteiger partial charge is 0.224 e. The predicted molar refractivity (Wildman–Crippen MR) is 70.5 cm³/mol. The summed E-state index contributed by atoms with van der Waals surface area (Å²) in [6, 6.07) is 6.05. The van der Waals surface area contributed by atoms with Crippen molar-refractivity contribution in [3.63, 3.8) is 0 Å². The molecule has 0 aliphatic heterocycles. The highest BCUT2D eigenvalue weighted by molar-refractivity contribution is 5.79. The topological polar surface area (TPSA) is 58.6 Å². The number of amides is 1. The molecule has 0 radical (unpaired) electrons. The Morgan fingerprint density at radius 1 is 1.44 bits per heavy atom. The van der Waals surface area contributed by atoms with Crippen LogP contribution in [-0.2, 0) is 16.0 Å². The first-order valence-electron chi connectivity index (χ1n) is 6.02. The van der Waals surface area contributed by atoms with Crippen molar-refractivity contribution in [2.24, 2.45) is 0 Å². The Bertz CT molecular complexity index is 404. The standard InChI is InChI=1S/C14H21NO3/c1-10-4-5-11(2)12(6-10)7-14(17)15-8-13(16)9-18-3/h4-6,13,16H,7-9H2,1-3H3,(H,15,17). The Morgan fingerprint density at radius 3 is 2.83 bits per heavy atom. The van der Waals surface area contributed by atoms with Crippen molar-refractivity contribution in [3.05, 3.63) is 34.9 Å². The number of hydrogen-bond donors (Lipinski definition) is 2. The van der Waals surface area contributed by atoms with E-state index in [0.717, 1.165) is 16.7 Å². The maximum absolute atomic E-state index is 11.7. The highest BCUT2D eigenvalue weighted by atomic mass is 16.5. The van der Waals surface area contributed by atoms with E-state index < -0.39 is 6.10 Å². The summed E-state index contributed by atoms with van der Waals surface area (Å²) in [5.41, 5.74) is 3.27. The molecular formula is C14H21NO3. The van der Waals surface area contributed by atoms with Gasteiger partial charge >= 0.3 is 0 Å². The molecule has 0 fully saturated rings. The first-order valence-corrected chi connectivity index (χ1v) is 6.02. The van der Waals surface area contributed by atoms with Crippen LogP contribution in [0.1, 0.15) is 16.7 Å². The Morgan fingerprint density at radius 2 is 2.17 bits per heavy atom. The fraction of sp³-hybridized carbons (Fsp3) is 0.500. The van der Waals surface area contributed by atoms with Gasteiger partial charge in [-0.25, -0.2) is 0 Å². The zero-order valence-corrected chi connectivity index (χ0v) is 11.2. The number of ether oxygens (including phenoxy) is 1. The third kappa shape index (κ3) is 4.85. The van der Waals surface area contributed by atoms with E-state index in [1.807, 2.05) is 32.0 Å². The highest BCUT2D eigenvalue weighted by Crippen LogP contribution is 2.11. The summed E-state index contributed by atoms with van der Waals surface area (Å²) >= 11 is 0. The minimum atomic E-state index is -0.655. The van der Waals surface area contributed by atoms with Crippen LogP contribution in [0.25, 0.3) is 0 Å². The van der Waals surface area contributed by atoms with Crippen molar-refractivity contribution in [2.45, 2.75) is 26.4 Å². The number of aliphatic hydroxyl groups is 1. The van der Waals surface area contributed by atoms with Gasteiger partial charge in [-0.15, -0.1) is 0 Å². The van der Waals surface area contributed by atoms with Crippen LogP contribution in [0.4, 0.5) is 0 Å². The monoisotopic (exact) mass is 251 g/mol. The van der Waals surface area contributed by atoms with Crippen LogP contribution >= 0.6 is 0 Å². The summed E-state index contributed by atoms with van der Waals surface area (Å²) < 4.78 is 4.79. The Hall–Kier alpha value is -1.39. The SMILES string of the molecule is COCC(O)CNC(=O)Cc1cc(C)ccc1C. The lowest BCUT2D eigenvalue weighted by Crippen LogP contribution is -2.35. The second-order valence-electron chi connectivity index (χ2n) is 4.52. The Kier molecular flexibility index (Phi) is 5.82. The van der Waals surface area contributed by atoms with Crippen molar-refractivity contribution in [3.8, 4) is 0 Å². The molecule has 0 heterocycles. The van der Waals surface area contributed by atoms with Crippen LogP contribution in [0.2, 0.25) is 0 Å². The lowest BCUT2D eigenvalue weighted by atomic mass is 10.0. The molecule has 1 rings (SSSR count). The minimum Gasteiger partial charge on any atom is -0.389 e. The van der Waals surface area contributed by atoms with Gasteiger partial charge in [0.05, 0.1) is 19.1 Å². The molecule has 4 heteroatoms. The largest absolute Gasteiger partial charge is 0.389 e. The number of aryl methyl sites for hydroxylation is 2. The first kappa shape index (κ1) is 14.7. The third-order valence-electron chi connectivity index (χ3n) is 2.75. The van der Waals surface area contributed by atoms with Crippen LogP contribution in [0.5, 0.6) is 0 Å². The van der Waals surface area contributed by atoms with E-state index in [4.69, 9.17) is 4.74 Å². The van der Waals surface area contributed by atoms with E-state index >= 15 is 0 Å². The molecule has 0 aliphatic carbocycles. The molecule has 0 saturated heterocycles. The van der Waals surface area contributed by atoms with Gasteiger partial charge in [-0.1, -0.05) is 23.8 Å². The van der Waals surface area contributed by atoms with E-state index in [-0.39, 0.29) is 19.1 Å². The number of hydrogen-bond acceptors (Lipinski definition) is 3. The van der Waals surface area contributed by atoms with Crippen molar-refractivity contribution in [2.75, 3.05) is 20.3 Å². The van der Waals surface area contributed by atoms with Gasteiger partial charge in [-0.05, 0) is 25.0 Å². The molecule has 0 spiro atoms. The van der Waals surface area contributed by atoms with Gasteiger partial charge in [-0.3, -0.25) is 4.79 Å². The summed E-state index contributed by atoms with van der Waals surface area (Å²) in [7, 11) is 1.52. The van der Waals surface area contributed by atoms with Gasteiger partial charge in [0.25, 0.3) is 0 Å². The summed E-state index contributed by atoms with van der Waals surface area (Å²) in [6.07, 6.45) is -0.315. The maximum atomic E-state index is 11.7. The summed E-state index contributed by atoms with van der Waals surface area (Å²) in [4.78, 5) is 11.7. The van der Waals surface area contributed by atoms with Gasteiger partial charge in [-0.2, -0.15) is 0 Å². The van der Waals surface area contributed by atoms with Gasteiger partial charge in [0, 0.05) is 13.7 Å². The van der Waals surface area contributed by atoms with E-state index in [2.05, 4.69) is 5.32 Å². The zero-order valence-electron chi connectivity index (χ0n) is 11.2. The second-order valence-corrected chi connectivity index (χ2v) is 4.52. The number of methoxy groups -OCH3 is 1. The lowest BCUT2D eigenvalue weighted by Gasteiger charge is -2.11. The van der Waals surface area contributed by atoms with Crippen LogP contribution < -0.4 is 5.32 Å². The quantitative estimate of drug-likeness (QED) is 0.792. The number of carbonyl (C=O) groups is 1. The second kappa shape index (κ2) is 7.13. The summed E-state index contributed by atoms with van der Waals surface area (Å²) in [5.74, 6) is -0.0844. The van der Waals surface area contributed by atoms with Gasteiger partial charge < -0.3 is 15.2 Å². The van der Waals surface area contributed by atoms with E-state index in [0.29, 0.717) is 6.42 Å². The Balaban J connectivity index is 2.47. The predicted octanol–water partition coefficient (Wildman–Crippen LogP) is 0.969. The molecule has 1 aromatic rings. The molecule has 1 atom stereocenters. The molecule has 18 heavy (non-hydrogen) atoms. The highest BCUT2D eigenvalue weighted by Gasteiger charge is 2.09.